The summed E-state index contributed by atoms with van der Waals surface area (Å²) < 4.78 is 10.9. The van der Waals surface area contributed by atoms with Crippen molar-refractivity contribution in [2.75, 3.05) is 6.61 Å². The van der Waals surface area contributed by atoms with Gasteiger partial charge in [0.2, 0.25) is 5.89 Å². The van der Waals surface area contributed by atoms with Gasteiger partial charge in [0, 0.05) is 6.61 Å². The van der Waals surface area contributed by atoms with Crippen LogP contribution in [0, 0.1) is 6.92 Å². The fraction of sp³-hybridized carbons (Fsp3) is 0.667. The minimum absolute atomic E-state index is 0.0546. The zero-order valence-corrected chi connectivity index (χ0v) is 7.75. The van der Waals surface area contributed by atoms with Crippen LogP contribution in [0.15, 0.2) is 4.42 Å². The molecule has 1 saturated heterocycles. The van der Waals surface area contributed by atoms with Crippen LogP contribution in [0.3, 0.4) is 0 Å². The summed E-state index contributed by atoms with van der Waals surface area (Å²) in [5.74, 6) is 1.46. The van der Waals surface area contributed by atoms with Gasteiger partial charge in [-0.2, -0.15) is 0 Å². The maximum Gasteiger partial charge on any atom is 0.223 e. The van der Waals surface area contributed by atoms with E-state index in [-0.39, 0.29) is 6.10 Å². The van der Waals surface area contributed by atoms with Crippen molar-refractivity contribution in [2.45, 2.75) is 32.4 Å². The number of rotatable bonds is 2. The summed E-state index contributed by atoms with van der Waals surface area (Å²) in [4.78, 5) is 4.29. The van der Waals surface area contributed by atoms with E-state index in [1.807, 2.05) is 6.92 Å². The quantitative estimate of drug-likeness (QED) is 0.748. The molecule has 1 aromatic rings. The van der Waals surface area contributed by atoms with E-state index >= 15 is 0 Å². The molecule has 0 spiro atoms. The van der Waals surface area contributed by atoms with Crippen molar-refractivity contribution >= 4 is 0 Å². The zero-order chi connectivity index (χ0) is 9.26. The van der Waals surface area contributed by atoms with E-state index in [2.05, 4.69) is 4.98 Å². The van der Waals surface area contributed by atoms with E-state index in [0.29, 0.717) is 12.4 Å². The van der Waals surface area contributed by atoms with Crippen LogP contribution in [0.2, 0.25) is 0 Å². The van der Waals surface area contributed by atoms with Gasteiger partial charge in [0.1, 0.15) is 11.9 Å². The fourth-order valence-electron chi connectivity index (χ4n) is 1.55. The standard InChI is InChI=1S/C9H14N2O2/c1-6-8(5-10)13-9(11-6)7-3-2-4-12-7/h7H,2-5,10H2,1H3. The first-order valence-electron chi connectivity index (χ1n) is 4.59. The minimum Gasteiger partial charge on any atom is -0.441 e. The Hall–Kier alpha value is -0.870. The molecule has 0 aromatic carbocycles. The molecule has 2 rings (SSSR count). The average Bonchev–Trinajstić information content (AvgIpc) is 2.71. The van der Waals surface area contributed by atoms with Crippen molar-refractivity contribution in [3.05, 3.63) is 17.3 Å². The summed E-state index contributed by atoms with van der Waals surface area (Å²) in [6.45, 7) is 3.12. The summed E-state index contributed by atoms with van der Waals surface area (Å²) in [5.41, 5.74) is 6.37. The third-order valence-electron chi connectivity index (χ3n) is 2.30. The lowest BCUT2D eigenvalue weighted by molar-refractivity contribution is 0.0881. The van der Waals surface area contributed by atoms with Crippen LogP contribution in [0.25, 0.3) is 0 Å². The molecule has 1 unspecified atom stereocenters. The van der Waals surface area contributed by atoms with Gasteiger partial charge in [-0.3, -0.25) is 0 Å². The fourth-order valence-corrected chi connectivity index (χ4v) is 1.55. The number of hydrogen-bond acceptors (Lipinski definition) is 4. The molecule has 1 aliphatic rings. The lowest BCUT2D eigenvalue weighted by Gasteiger charge is -2.02. The number of nitrogens with two attached hydrogens (primary N) is 1. The van der Waals surface area contributed by atoms with Gasteiger partial charge in [-0.1, -0.05) is 0 Å². The number of aromatic nitrogens is 1. The van der Waals surface area contributed by atoms with Gasteiger partial charge in [-0.05, 0) is 19.8 Å². The molecule has 0 bridgehead atoms. The normalized spacial score (nSPS) is 22.5. The molecule has 2 heterocycles. The Kier molecular flexibility index (Phi) is 2.33. The van der Waals surface area contributed by atoms with Crippen LogP contribution >= 0.6 is 0 Å². The van der Waals surface area contributed by atoms with Crippen molar-refractivity contribution in [2.24, 2.45) is 5.73 Å². The predicted molar refractivity (Wildman–Crippen MR) is 47.1 cm³/mol. The van der Waals surface area contributed by atoms with Crippen LogP contribution < -0.4 is 5.73 Å². The molecular formula is C9H14N2O2. The number of ether oxygens (including phenoxy) is 1. The molecule has 0 amide bonds. The summed E-state index contributed by atoms with van der Waals surface area (Å²) in [7, 11) is 0. The monoisotopic (exact) mass is 182 g/mol. The van der Waals surface area contributed by atoms with Gasteiger partial charge in [0.05, 0.1) is 12.2 Å². The molecule has 2 N–H and O–H groups in total. The van der Waals surface area contributed by atoms with Crippen molar-refractivity contribution < 1.29 is 9.15 Å². The lowest BCUT2D eigenvalue weighted by Crippen LogP contribution is -1.96. The van der Waals surface area contributed by atoms with Crippen LogP contribution in [-0.2, 0) is 11.3 Å². The molecule has 0 aliphatic carbocycles. The van der Waals surface area contributed by atoms with Crippen LogP contribution in [0.4, 0.5) is 0 Å². The van der Waals surface area contributed by atoms with Gasteiger partial charge in [-0.15, -0.1) is 0 Å². The Balaban J connectivity index is 2.20. The Labute approximate surface area is 77.1 Å². The number of aryl methyl sites for hydroxylation is 1. The maximum atomic E-state index is 5.49. The predicted octanol–water partition coefficient (Wildman–Crippen LogP) is 1.29. The Bertz CT molecular complexity index is 290. The molecule has 13 heavy (non-hydrogen) atoms. The van der Waals surface area contributed by atoms with E-state index in [1.165, 1.54) is 0 Å². The summed E-state index contributed by atoms with van der Waals surface area (Å²) in [6.07, 6.45) is 2.15. The second kappa shape index (κ2) is 3.47. The molecular weight excluding hydrogens is 168 g/mol. The highest BCUT2D eigenvalue weighted by Crippen LogP contribution is 2.28. The van der Waals surface area contributed by atoms with E-state index in [0.717, 1.165) is 30.9 Å². The molecule has 1 fully saturated rings. The first-order chi connectivity index (χ1) is 6.31. The van der Waals surface area contributed by atoms with Crippen molar-refractivity contribution in [3.8, 4) is 0 Å². The first-order valence-corrected chi connectivity index (χ1v) is 4.59. The molecule has 4 nitrogen and oxygen atoms in total. The maximum absolute atomic E-state index is 5.49. The van der Waals surface area contributed by atoms with Gasteiger partial charge in [0.25, 0.3) is 0 Å². The van der Waals surface area contributed by atoms with Crippen molar-refractivity contribution in [1.29, 1.82) is 0 Å². The topological polar surface area (TPSA) is 61.3 Å². The Morgan fingerprint density at radius 3 is 3.00 bits per heavy atom. The van der Waals surface area contributed by atoms with Crippen molar-refractivity contribution in [1.82, 2.24) is 4.98 Å². The van der Waals surface area contributed by atoms with Crippen LogP contribution in [0.5, 0.6) is 0 Å². The van der Waals surface area contributed by atoms with E-state index in [1.54, 1.807) is 0 Å². The molecule has 0 radical (unpaired) electrons. The highest BCUT2D eigenvalue weighted by molar-refractivity contribution is 5.08. The summed E-state index contributed by atoms with van der Waals surface area (Å²) in [5, 5.41) is 0. The Morgan fingerprint density at radius 1 is 1.62 bits per heavy atom. The van der Waals surface area contributed by atoms with E-state index in [9.17, 15) is 0 Å². The first kappa shape index (κ1) is 8.72. The van der Waals surface area contributed by atoms with E-state index in [4.69, 9.17) is 14.9 Å². The minimum atomic E-state index is 0.0546. The average molecular weight is 182 g/mol. The van der Waals surface area contributed by atoms with E-state index < -0.39 is 0 Å². The van der Waals surface area contributed by atoms with Gasteiger partial charge < -0.3 is 14.9 Å². The molecule has 0 saturated carbocycles. The second-order valence-corrected chi connectivity index (χ2v) is 3.27. The molecule has 4 heteroatoms. The molecule has 1 aromatic heterocycles. The number of nitrogens with zero attached hydrogens (tertiary/aromatic N) is 1. The van der Waals surface area contributed by atoms with Crippen LogP contribution in [0.1, 0.15) is 36.3 Å². The summed E-state index contributed by atoms with van der Waals surface area (Å²) >= 11 is 0. The second-order valence-electron chi connectivity index (χ2n) is 3.27. The highest BCUT2D eigenvalue weighted by Gasteiger charge is 2.23. The van der Waals surface area contributed by atoms with Crippen LogP contribution in [-0.4, -0.2) is 11.6 Å². The SMILES string of the molecule is Cc1nc(C2CCCO2)oc1CN. The molecule has 1 aliphatic heterocycles. The van der Waals surface area contributed by atoms with Crippen molar-refractivity contribution in [3.63, 3.8) is 0 Å². The van der Waals surface area contributed by atoms with Gasteiger partial charge in [0.15, 0.2) is 0 Å². The summed E-state index contributed by atoms with van der Waals surface area (Å²) in [6, 6.07) is 0. The third-order valence-corrected chi connectivity index (χ3v) is 2.30. The van der Waals surface area contributed by atoms with Gasteiger partial charge >= 0.3 is 0 Å². The molecule has 72 valence electrons. The highest BCUT2D eigenvalue weighted by atomic mass is 16.5. The lowest BCUT2D eigenvalue weighted by atomic mass is 10.2. The molecule has 1 atom stereocenters. The number of oxazole rings is 1. The third kappa shape index (κ3) is 1.59. The zero-order valence-electron chi connectivity index (χ0n) is 7.75. The smallest absolute Gasteiger partial charge is 0.223 e. The largest absolute Gasteiger partial charge is 0.441 e. The number of hydrogen-bond donors (Lipinski definition) is 1. The Morgan fingerprint density at radius 2 is 2.46 bits per heavy atom. The van der Waals surface area contributed by atoms with Gasteiger partial charge in [-0.25, -0.2) is 4.98 Å².